The van der Waals surface area contributed by atoms with Crippen molar-refractivity contribution >= 4 is 15.7 Å². The van der Waals surface area contributed by atoms with E-state index in [1.165, 1.54) is 0 Å². The number of aliphatic carboxylic acids is 1. The van der Waals surface area contributed by atoms with E-state index in [1.54, 1.807) is 12.1 Å². The van der Waals surface area contributed by atoms with E-state index in [4.69, 9.17) is 9.89 Å². The van der Waals surface area contributed by atoms with Crippen LogP contribution in [0.2, 0.25) is 0 Å². The summed E-state index contributed by atoms with van der Waals surface area (Å²) in [5.74, 6) is -1.79. The minimum absolute atomic E-state index is 0.000417. The molecule has 0 fully saturated rings. The molecule has 0 aliphatic heterocycles. The van der Waals surface area contributed by atoms with Gasteiger partial charge in [-0.15, -0.1) is 0 Å². The number of aryl methyl sites for hydroxylation is 1. The van der Waals surface area contributed by atoms with Crippen LogP contribution in [0.1, 0.15) is 11.1 Å². The summed E-state index contributed by atoms with van der Waals surface area (Å²) < 4.78 is 18.9. The zero-order valence-electron chi connectivity index (χ0n) is 8.40. The highest BCUT2D eigenvalue weighted by molar-refractivity contribution is 7.92. The van der Waals surface area contributed by atoms with Crippen molar-refractivity contribution < 1.29 is 14.1 Å². The fourth-order valence-corrected chi connectivity index (χ4v) is 2.44. The van der Waals surface area contributed by atoms with E-state index < -0.39 is 21.5 Å². The van der Waals surface area contributed by atoms with Gasteiger partial charge in [-0.1, -0.05) is 29.8 Å². The third kappa shape index (κ3) is 4.12. The molecule has 82 valence electrons. The first-order chi connectivity index (χ1) is 6.89. The molecule has 0 saturated heterocycles. The van der Waals surface area contributed by atoms with E-state index in [0.717, 1.165) is 11.1 Å². The third-order valence-electron chi connectivity index (χ3n) is 1.88. The minimum Gasteiger partial charge on any atom is -0.481 e. The van der Waals surface area contributed by atoms with Crippen LogP contribution in [-0.4, -0.2) is 21.0 Å². The van der Waals surface area contributed by atoms with Crippen LogP contribution in [0, 0.1) is 11.7 Å². The second-order valence-electron chi connectivity index (χ2n) is 3.48. The molecule has 1 rings (SSSR count). The molecule has 0 amide bonds. The summed E-state index contributed by atoms with van der Waals surface area (Å²) in [7, 11) is -3.05. The predicted molar refractivity (Wildman–Crippen MR) is 58.2 cm³/mol. The van der Waals surface area contributed by atoms with Crippen LogP contribution in [0.4, 0.5) is 0 Å². The van der Waals surface area contributed by atoms with Crippen LogP contribution in [0.3, 0.4) is 0 Å². The number of carbonyl (C=O) groups is 1. The van der Waals surface area contributed by atoms with E-state index in [-0.39, 0.29) is 5.75 Å². The number of carboxylic acids is 1. The van der Waals surface area contributed by atoms with Gasteiger partial charge < -0.3 is 5.11 Å². The van der Waals surface area contributed by atoms with Crippen LogP contribution >= 0.6 is 0 Å². The molecule has 2 N–H and O–H groups in total. The lowest BCUT2D eigenvalue weighted by molar-refractivity contribution is -0.134. The van der Waals surface area contributed by atoms with Crippen LogP contribution < -0.4 is 0 Å². The molecule has 15 heavy (non-hydrogen) atoms. The van der Waals surface area contributed by atoms with Gasteiger partial charge in [-0.05, 0) is 12.5 Å². The quantitative estimate of drug-likeness (QED) is 0.820. The van der Waals surface area contributed by atoms with Gasteiger partial charge in [0.05, 0.1) is 15.5 Å². The smallest absolute Gasteiger partial charge is 0.317 e. The number of benzene rings is 1. The SMILES string of the molecule is Cc1ccc(CS(=N)(=O)CC(=O)O)cc1. The molecular weight excluding hydrogens is 214 g/mol. The Morgan fingerprint density at radius 3 is 2.40 bits per heavy atom. The third-order valence-corrected chi connectivity index (χ3v) is 3.39. The molecule has 0 saturated carbocycles. The van der Waals surface area contributed by atoms with Crippen molar-refractivity contribution in [2.45, 2.75) is 12.7 Å². The largest absolute Gasteiger partial charge is 0.481 e. The summed E-state index contributed by atoms with van der Waals surface area (Å²) in [5.41, 5.74) is 1.82. The van der Waals surface area contributed by atoms with Crippen LogP contribution in [0.15, 0.2) is 24.3 Å². The Morgan fingerprint density at radius 2 is 1.93 bits per heavy atom. The zero-order valence-corrected chi connectivity index (χ0v) is 9.21. The van der Waals surface area contributed by atoms with Crippen molar-refractivity contribution in [2.75, 3.05) is 5.75 Å². The molecular formula is C10H13NO3S. The Bertz CT molecular complexity index is 448. The molecule has 0 aliphatic rings. The number of hydrogen-bond acceptors (Lipinski definition) is 3. The molecule has 0 aliphatic carbocycles. The summed E-state index contributed by atoms with van der Waals surface area (Å²) in [6.45, 7) is 1.93. The topological polar surface area (TPSA) is 78.2 Å². The molecule has 1 aromatic carbocycles. The van der Waals surface area contributed by atoms with E-state index in [1.807, 2.05) is 19.1 Å². The first kappa shape index (κ1) is 11.7. The van der Waals surface area contributed by atoms with Gasteiger partial charge in [0.25, 0.3) is 0 Å². The van der Waals surface area contributed by atoms with Crippen LogP contribution in [-0.2, 0) is 20.3 Å². The van der Waals surface area contributed by atoms with Gasteiger partial charge in [-0.3, -0.25) is 9.57 Å². The molecule has 1 atom stereocenters. The van der Waals surface area contributed by atoms with Gasteiger partial charge in [0.15, 0.2) is 0 Å². The molecule has 1 aromatic rings. The first-order valence-corrected chi connectivity index (χ1v) is 6.30. The Kier molecular flexibility index (Phi) is 3.47. The van der Waals surface area contributed by atoms with Gasteiger partial charge in [0.1, 0.15) is 5.75 Å². The van der Waals surface area contributed by atoms with E-state index in [9.17, 15) is 9.00 Å². The number of nitrogens with one attached hydrogen (secondary N) is 1. The fourth-order valence-electron chi connectivity index (χ4n) is 1.20. The molecule has 1 unspecified atom stereocenters. The predicted octanol–water partition coefficient (Wildman–Crippen LogP) is 1.63. The van der Waals surface area contributed by atoms with Crippen molar-refractivity contribution in [3.05, 3.63) is 35.4 Å². The molecule has 0 bridgehead atoms. The Morgan fingerprint density at radius 1 is 1.40 bits per heavy atom. The summed E-state index contributed by atoms with van der Waals surface area (Å²) in [6.07, 6.45) is 0. The lowest BCUT2D eigenvalue weighted by Crippen LogP contribution is -2.15. The van der Waals surface area contributed by atoms with Gasteiger partial charge >= 0.3 is 5.97 Å². The number of hydrogen-bond donors (Lipinski definition) is 2. The van der Waals surface area contributed by atoms with E-state index >= 15 is 0 Å². The highest BCUT2D eigenvalue weighted by Crippen LogP contribution is 2.08. The zero-order chi connectivity index (χ0) is 11.5. The molecule has 0 aromatic heterocycles. The highest BCUT2D eigenvalue weighted by Gasteiger charge is 2.12. The number of rotatable bonds is 4. The molecule has 0 radical (unpaired) electrons. The molecule has 4 nitrogen and oxygen atoms in total. The molecule has 5 heteroatoms. The summed E-state index contributed by atoms with van der Waals surface area (Å²) in [5, 5.41) is 8.47. The van der Waals surface area contributed by atoms with Crippen LogP contribution in [0.5, 0.6) is 0 Å². The maximum Gasteiger partial charge on any atom is 0.317 e. The lowest BCUT2D eigenvalue weighted by atomic mass is 10.2. The van der Waals surface area contributed by atoms with Crippen molar-refractivity contribution in [3.8, 4) is 0 Å². The first-order valence-electron chi connectivity index (χ1n) is 4.40. The second-order valence-corrected chi connectivity index (χ2v) is 5.68. The Balaban J connectivity index is 2.78. The van der Waals surface area contributed by atoms with E-state index in [0.29, 0.717) is 0 Å². The van der Waals surface area contributed by atoms with Crippen molar-refractivity contribution in [1.82, 2.24) is 0 Å². The van der Waals surface area contributed by atoms with Crippen LogP contribution in [0.25, 0.3) is 0 Å². The maximum atomic E-state index is 11.5. The fraction of sp³-hybridized carbons (Fsp3) is 0.300. The van der Waals surface area contributed by atoms with Gasteiger partial charge in [0.2, 0.25) is 0 Å². The number of carboxylic acid groups (broad SMARTS) is 1. The van der Waals surface area contributed by atoms with Crippen molar-refractivity contribution in [2.24, 2.45) is 0 Å². The maximum absolute atomic E-state index is 11.5. The standard InChI is InChI=1S/C10H13NO3S/c1-8-2-4-9(5-3-8)6-15(11,14)7-10(12)13/h2-5,11H,6-7H2,1H3,(H,12,13). The van der Waals surface area contributed by atoms with Crippen molar-refractivity contribution in [3.63, 3.8) is 0 Å². The second kappa shape index (κ2) is 4.44. The Hall–Kier alpha value is -1.36. The summed E-state index contributed by atoms with van der Waals surface area (Å²) in [4.78, 5) is 10.4. The van der Waals surface area contributed by atoms with Gasteiger partial charge in [0, 0.05) is 0 Å². The molecule has 0 heterocycles. The molecule has 0 spiro atoms. The highest BCUT2D eigenvalue weighted by atomic mass is 32.2. The van der Waals surface area contributed by atoms with Crippen molar-refractivity contribution in [1.29, 1.82) is 4.78 Å². The Labute approximate surface area is 88.9 Å². The summed E-state index contributed by atoms with van der Waals surface area (Å²) in [6, 6.07) is 7.24. The average molecular weight is 227 g/mol. The lowest BCUT2D eigenvalue weighted by Gasteiger charge is -2.04. The normalized spacial score (nSPS) is 14.5. The average Bonchev–Trinajstić information content (AvgIpc) is 2.06. The monoisotopic (exact) mass is 227 g/mol. The van der Waals surface area contributed by atoms with E-state index in [2.05, 4.69) is 0 Å². The van der Waals surface area contributed by atoms with Gasteiger partial charge in [-0.25, -0.2) is 4.21 Å². The van der Waals surface area contributed by atoms with Gasteiger partial charge in [-0.2, -0.15) is 0 Å². The minimum atomic E-state index is -3.05. The summed E-state index contributed by atoms with van der Waals surface area (Å²) >= 11 is 0.